The molecule has 4 aliphatic rings. The van der Waals surface area contributed by atoms with Gasteiger partial charge in [0, 0.05) is 13.6 Å². The largest absolute Gasteiger partial charge is 0.397 e. The molecule has 4 fully saturated rings. The summed E-state index contributed by atoms with van der Waals surface area (Å²) in [5.74, 6) is 2.79. The number of hydrogen-bond donors (Lipinski definition) is 1. The molecule has 0 unspecified atom stereocenters. The molecule has 118 valence electrons. The van der Waals surface area contributed by atoms with Gasteiger partial charge in [-0.1, -0.05) is 0 Å². The molecular formula is C18H25N3O. The maximum absolute atomic E-state index is 12.6. The van der Waals surface area contributed by atoms with Gasteiger partial charge in [-0.05, 0) is 73.8 Å². The van der Waals surface area contributed by atoms with Gasteiger partial charge in [0.25, 0.3) is 5.91 Å². The van der Waals surface area contributed by atoms with E-state index in [0.29, 0.717) is 16.8 Å². The Hall–Kier alpha value is -1.58. The molecule has 0 saturated heterocycles. The van der Waals surface area contributed by atoms with Crippen LogP contribution in [0.15, 0.2) is 18.3 Å². The van der Waals surface area contributed by atoms with E-state index in [9.17, 15) is 4.79 Å². The predicted octanol–water partition coefficient (Wildman–Crippen LogP) is 2.95. The number of carbonyl (C=O) groups is 1. The standard InChI is InChI=1S/C18H25N3O/c1-21(17(22)16-3-2-15(19)10-20-16)11-18-7-12-4-13(8-18)6-14(5-12)9-18/h2-3,10,12-14H,4-9,11,19H2,1H3. The second-order valence-electron chi connectivity index (χ2n) is 8.06. The van der Waals surface area contributed by atoms with Crippen LogP contribution in [-0.2, 0) is 0 Å². The minimum absolute atomic E-state index is 0.0238. The molecule has 0 spiro atoms. The Morgan fingerprint density at radius 2 is 1.82 bits per heavy atom. The summed E-state index contributed by atoms with van der Waals surface area (Å²) in [5, 5.41) is 0. The average Bonchev–Trinajstić information content (AvgIpc) is 2.45. The average molecular weight is 299 g/mol. The third-order valence-corrected chi connectivity index (χ3v) is 6.09. The molecule has 2 N–H and O–H groups in total. The highest BCUT2D eigenvalue weighted by Crippen LogP contribution is 2.60. The minimum atomic E-state index is 0.0238. The highest BCUT2D eigenvalue weighted by atomic mass is 16.2. The first-order chi connectivity index (χ1) is 10.5. The van der Waals surface area contributed by atoms with E-state index in [2.05, 4.69) is 4.98 Å². The Morgan fingerprint density at radius 3 is 2.32 bits per heavy atom. The molecule has 4 heteroatoms. The quantitative estimate of drug-likeness (QED) is 0.933. The van der Waals surface area contributed by atoms with Gasteiger partial charge in [-0.3, -0.25) is 4.79 Å². The van der Waals surface area contributed by atoms with Gasteiger partial charge >= 0.3 is 0 Å². The topological polar surface area (TPSA) is 59.2 Å². The maximum Gasteiger partial charge on any atom is 0.272 e. The summed E-state index contributed by atoms with van der Waals surface area (Å²) >= 11 is 0. The minimum Gasteiger partial charge on any atom is -0.397 e. The fourth-order valence-corrected chi connectivity index (χ4v) is 5.79. The smallest absolute Gasteiger partial charge is 0.272 e. The van der Waals surface area contributed by atoms with Crippen LogP contribution >= 0.6 is 0 Å². The van der Waals surface area contributed by atoms with Crippen molar-refractivity contribution in [3.8, 4) is 0 Å². The van der Waals surface area contributed by atoms with Gasteiger partial charge < -0.3 is 10.6 Å². The van der Waals surface area contributed by atoms with E-state index >= 15 is 0 Å². The van der Waals surface area contributed by atoms with E-state index in [1.165, 1.54) is 38.5 Å². The fraction of sp³-hybridized carbons (Fsp3) is 0.667. The van der Waals surface area contributed by atoms with E-state index < -0.39 is 0 Å². The molecule has 0 atom stereocenters. The van der Waals surface area contributed by atoms with Gasteiger partial charge in [-0.15, -0.1) is 0 Å². The van der Waals surface area contributed by atoms with Crippen molar-refractivity contribution in [2.24, 2.45) is 23.2 Å². The predicted molar refractivity (Wildman–Crippen MR) is 86.2 cm³/mol. The van der Waals surface area contributed by atoms with Crippen LogP contribution in [0, 0.1) is 23.2 Å². The lowest BCUT2D eigenvalue weighted by Gasteiger charge is -2.57. The number of nitrogens with zero attached hydrogens (tertiary/aromatic N) is 2. The van der Waals surface area contributed by atoms with Crippen molar-refractivity contribution in [2.75, 3.05) is 19.3 Å². The summed E-state index contributed by atoms with van der Waals surface area (Å²) < 4.78 is 0. The van der Waals surface area contributed by atoms with Crippen molar-refractivity contribution in [3.63, 3.8) is 0 Å². The molecule has 1 heterocycles. The lowest BCUT2D eigenvalue weighted by Crippen LogP contribution is -2.51. The van der Waals surface area contributed by atoms with Gasteiger partial charge in [-0.2, -0.15) is 0 Å². The zero-order valence-electron chi connectivity index (χ0n) is 13.3. The first-order valence-electron chi connectivity index (χ1n) is 8.50. The highest BCUT2D eigenvalue weighted by molar-refractivity contribution is 5.92. The van der Waals surface area contributed by atoms with Crippen molar-refractivity contribution in [2.45, 2.75) is 38.5 Å². The summed E-state index contributed by atoms with van der Waals surface area (Å²) in [6.07, 6.45) is 9.86. The van der Waals surface area contributed by atoms with Gasteiger partial charge in [-0.25, -0.2) is 4.98 Å². The molecular weight excluding hydrogens is 274 g/mol. The van der Waals surface area contributed by atoms with E-state index in [0.717, 1.165) is 24.3 Å². The molecule has 1 aromatic rings. The van der Waals surface area contributed by atoms with Gasteiger partial charge in [0.1, 0.15) is 5.69 Å². The number of nitrogens with two attached hydrogens (primary N) is 1. The molecule has 1 amide bonds. The Kier molecular flexibility index (Phi) is 3.17. The second kappa shape index (κ2) is 4.97. The number of amides is 1. The van der Waals surface area contributed by atoms with Gasteiger partial charge in [0.2, 0.25) is 0 Å². The van der Waals surface area contributed by atoms with Crippen LogP contribution in [0.3, 0.4) is 0 Å². The Labute approximate surface area is 132 Å². The first-order valence-corrected chi connectivity index (χ1v) is 8.50. The Morgan fingerprint density at radius 1 is 1.23 bits per heavy atom. The lowest BCUT2D eigenvalue weighted by molar-refractivity contribution is -0.0629. The zero-order valence-corrected chi connectivity index (χ0v) is 13.3. The molecule has 0 radical (unpaired) electrons. The summed E-state index contributed by atoms with van der Waals surface area (Å²) in [6.45, 7) is 0.890. The molecule has 1 aromatic heterocycles. The SMILES string of the molecule is CN(CC12CC3CC(CC(C3)C1)C2)C(=O)c1ccc(N)cn1. The maximum atomic E-state index is 12.6. The summed E-state index contributed by atoms with van der Waals surface area (Å²) in [4.78, 5) is 18.7. The van der Waals surface area contributed by atoms with Crippen molar-refractivity contribution in [1.29, 1.82) is 0 Å². The fourth-order valence-electron chi connectivity index (χ4n) is 5.79. The number of hydrogen-bond acceptors (Lipinski definition) is 3. The van der Waals surface area contributed by atoms with Crippen molar-refractivity contribution in [3.05, 3.63) is 24.0 Å². The molecule has 0 aromatic carbocycles. The lowest BCUT2D eigenvalue weighted by atomic mass is 9.49. The van der Waals surface area contributed by atoms with E-state index in [-0.39, 0.29) is 5.91 Å². The molecule has 0 aliphatic heterocycles. The Bertz CT molecular complexity index is 545. The number of pyridine rings is 1. The number of rotatable bonds is 3. The van der Waals surface area contributed by atoms with Crippen LogP contribution in [0.2, 0.25) is 0 Å². The van der Waals surface area contributed by atoms with Crippen LogP contribution in [0.5, 0.6) is 0 Å². The van der Waals surface area contributed by atoms with E-state index in [1.807, 2.05) is 11.9 Å². The van der Waals surface area contributed by atoms with Crippen molar-refractivity contribution < 1.29 is 4.79 Å². The van der Waals surface area contributed by atoms with Crippen molar-refractivity contribution in [1.82, 2.24) is 9.88 Å². The molecule has 4 bridgehead atoms. The van der Waals surface area contributed by atoms with Crippen molar-refractivity contribution >= 4 is 11.6 Å². The van der Waals surface area contributed by atoms with Crippen LogP contribution in [0.1, 0.15) is 49.0 Å². The molecule has 4 aliphatic carbocycles. The molecule has 4 saturated carbocycles. The van der Waals surface area contributed by atoms with Crippen LogP contribution in [0.25, 0.3) is 0 Å². The number of carbonyl (C=O) groups excluding carboxylic acids is 1. The molecule has 4 nitrogen and oxygen atoms in total. The summed E-state index contributed by atoms with van der Waals surface area (Å²) in [7, 11) is 1.93. The van der Waals surface area contributed by atoms with Crippen LogP contribution in [0.4, 0.5) is 5.69 Å². The van der Waals surface area contributed by atoms with Crippen LogP contribution < -0.4 is 5.73 Å². The highest BCUT2D eigenvalue weighted by Gasteiger charge is 2.51. The van der Waals surface area contributed by atoms with E-state index in [1.54, 1.807) is 18.3 Å². The van der Waals surface area contributed by atoms with Crippen LogP contribution in [-0.4, -0.2) is 29.4 Å². The van der Waals surface area contributed by atoms with E-state index in [4.69, 9.17) is 5.73 Å². The summed E-state index contributed by atoms with van der Waals surface area (Å²) in [5.41, 5.74) is 7.13. The third kappa shape index (κ3) is 2.38. The summed E-state index contributed by atoms with van der Waals surface area (Å²) in [6, 6.07) is 3.48. The number of anilines is 1. The number of nitrogen functional groups attached to an aromatic ring is 1. The zero-order chi connectivity index (χ0) is 15.3. The second-order valence-corrected chi connectivity index (χ2v) is 8.06. The molecule has 5 rings (SSSR count). The Balaban J connectivity index is 1.48. The third-order valence-electron chi connectivity index (χ3n) is 6.09. The first kappa shape index (κ1) is 14.0. The van der Waals surface area contributed by atoms with Gasteiger partial charge in [0.15, 0.2) is 0 Å². The molecule has 22 heavy (non-hydrogen) atoms. The number of aromatic nitrogens is 1. The normalized spacial score (nSPS) is 35.6. The van der Waals surface area contributed by atoms with Gasteiger partial charge in [0.05, 0.1) is 11.9 Å². The monoisotopic (exact) mass is 299 g/mol.